The first-order chi connectivity index (χ1) is 12.2. The number of nitrogens with one attached hydrogen (secondary N) is 1. The average Bonchev–Trinajstić information content (AvgIpc) is 3.03. The molecule has 0 radical (unpaired) electrons. The molecule has 7 heteroatoms. The largest absolute Gasteiger partial charge is 0.491 e. The summed E-state index contributed by atoms with van der Waals surface area (Å²) < 4.78 is 20.5. The zero-order valence-corrected chi connectivity index (χ0v) is 14.5. The van der Waals surface area contributed by atoms with Gasteiger partial charge in [-0.3, -0.25) is 0 Å². The summed E-state index contributed by atoms with van der Waals surface area (Å²) >= 11 is 0. The van der Waals surface area contributed by atoms with Crippen LogP contribution in [-0.4, -0.2) is 45.7 Å². The molecule has 0 spiro atoms. The maximum Gasteiger partial charge on any atom is 0.133 e. The van der Waals surface area contributed by atoms with E-state index in [1.54, 1.807) is 12.1 Å². The molecule has 136 valence electrons. The minimum Gasteiger partial charge on any atom is -0.491 e. The number of aliphatic hydroxyl groups is 1. The lowest BCUT2D eigenvalue weighted by Crippen LogP contribution is -2.36. The van der Waals surface area contributed by atoms with Gasteiger partial charge >= 0.3 is 0 Å². The van der Waals surface area contributed by atoms with Gasteiger partial charge in [-0.05, 0) is 43.1 Å². The summed E-state index contributed by atoms with van der Waals surface area (Å²) in [6.07, 6.45) is 2.32. The molecule has 1 aliphatic rings. The highest BCUT2D eigenvalue weighted by Crippen LogP contribution is 2.19. The molecular weight excluding hydrogens is 323 g/mol. The van der Waals surface area contributed by atoms with Crippen molar-refractivity contribution in [3.05, 3.63) is 41.7 Å². The summed E-state index contributed by atoms with van der Waals surface area (Å²) in [5.41, 5.74) is 0. The maximum absolute atomic E-state index is 12.8. The lowest BCUT2D eigenvalue weighted by molar-refractivity contribution is 0.105. The van der Waals surface area contributed by atoms with Crippen molar-refractivity contribution in [1.82, 2.24) is 20.1 Å². The number of aryl methyl sites for hydroxylation is 2. The molecule has 0 fully saturated rings. The lowest BCUT2D eigenvalue weighted by Gasteiger charge is -2.25. The maximum atomic E-state index is 12.8. The third-order valence-corrected chi connectivity index (χ3v) is 4.51. The van der Waals surface area contributed by atoms with Crippen molar-refractivity contribution < 1.29 is 14.2 Å². The van der Waals surface area contributed by atoms with Crippen LogP contribution in [0.25, 0.3) is 0 Å². The van der Waals surface area contributed by atoms with Gasteiger partial charge in [0, 0.05) is 25.9 Å². The number of hydrogen-bond donors (Lipinski definition) is 2. The summed E-state index contributed by atoms with van der Waals surface area (Å²) in [6.45, 7) is 4.51. The van der Waals surface area contributed by atoms with Crippen molar-refractivity contribution in [2.75, 3.05) is 19.7 Å². The minimum absolute atomic E-state index is 0.179. The van der Waals surface area contributed by atoms with Crippen molar-refractivity contribution in [1.29, 1.82) is 0 Å². The van der Waals surface area contributed by atoms with E-state index < -0.39 is 6.10 Å². The standard InChI is InChI=1S/C18H25FN4O2/c1-2-17-21-22-18-8-3-13(11-23(17)18)9-20-10-15(24)12-25-16-6-4-14(19)5-7-16/h4-7,13,15,20,24H,2-3,8-12H2,1H3. The Labute approximate surface area is 147 Å². The van der Waals surface area contributed by atoms with Crippen LogP contribution in [-0.2, 0) is 19.4 Å². The molecule has 2 unspecified atom stereocenters. The lowest BCUT2D eigenvalue weighted by atomic mass is 9.99. The summed E-state index contributed by atoms with van der Waals surface area (Å²) in [5.74, 6) is 2.90. The van der Waals surface area contributed by atoms with Crippen LogP contribution in [0, 0.1) is 11.7 Å². The van der Waals surface area contributed by atoms with Crippen LogP contribution < -0.4 is 10.1 Å². The number of halogens is 1. The topological polar surface area (TPSA) is 72.2 Å². The first-order valence-corrected chi connectivity index (χ1v) is 8.83. The fourth-order valence-electron chi connectivity index (χ4n) is 3.12. The number of ether oxygens (including phenoxy) is 1. The SMILES string of the molecule is CCc1nnc2n1CC(CNCC(O)COc1ccc(F)cc1)CC2. The van der Waals surface area contributed by atoms with E-state index >= 15 is 0 Å². The molecule has 2 heterocycles. The Morgan fingerprint density at radius 2 is 2.16 bits per heavy atom. The second-order valence-corrected chi connectivity index (χ2v) is 6.48. The molecule has 0 aliphatic carbocycles. The van der Waals surface area contributed by atoms with Gasteiger partial charge in [-0.15, -0.1) is 10.2 Å². The Bertz CT molecular complexity index is 661. The number of fused-ring (bicyclic) bond motifs is 1. The second kappa shape index (κ2) is 8.40. The van der Waals surface area contributed by atoms with E-state index in [0.717, 1.165) is 44.0 Å². The van der Waals surface area contributed by atoms with Crippen LogP contribution >= 0.6 is 0 Å². The Kier molecular flexibility index (Phi) is 5.99. The predicted octanol–water partition coefficient (Wildman–Crippen LogP) is 1.57. The normalized spacial score (nSPS) is 18.0. The molecule has 25 heavy (non-hydrogen) atoms. The smallest absolute Gasteiger partial charge is 0.133 e. The van der Waals surface area contributed by atoms with Gasteiger partial charge in [-0.1, -0.05) is 6.92 Å². The van der Waals surface area contributed by atoms with Crippen LogP contribution in [0.1, 0.15) is 25.0 Å². The van der Waals surface area contributed by atoms with Gasteiger partial charge in [0.1, 0.15) is 35.9 Å². The summed E-state index contributed by atoms with van der Waals surface area (Å²) in [6, 6.07) is 5.79. The third kappa shape index (κ3) is 4.76. The monoisotopic (exact) mass is 348 g/mol. The average molecular weight is 348 g/mol. The third-order valence-electron chi connectivity index (χ3n) is 4.51. The number of benzene rings is 1. The van der Waals surface area contributed by atoms with Crippen LogP contribution in [0.5, 0.6) is 5.75 Å². The molecule has 1 aromatic heterocycles. The second-order valence-electron chi connectivity index (χ2n) is 6.48. The minimum atomic E-state index is -0.606. The zero-order chi connectivity index (χ0) is 17.6. The Balaban J connectivity index is 1.37. The molecule has 1 aromatic carbocycles. The number of aromatic nitrogens is 3. The molecule has 2 N–H and O–H groups in total. The fourth-order valence-corrected chi connectivity index (χ4v) is 3.12. The van der Waals surface area contributed by atoms with Crippen molar-refractivity contribution >= 4 is 0 Å². The molecule has 0 amide bonds. The summed E-state index contributed by atoms with van der Waals surface area (Å²) in [7, 11) is 0. The van der Waals surface area contributed by atoms with E-state index in [2.05, 4.69) is 27.0 Å². The Morgan fingerprint density at radius 3 is 2.92 bits per heavy atom. The Hall–Kier alpha value is -1.99. The van der Waals surface area contributed by atoms with Crippen LogP contribution in [0.4, 0.5) is 4.39 Å². The summed E-state index contributed by atoms with van der Waals surface area (Å²) in [4.78, 5) is 0. The molecule has 1 aliphatic heterocycles. The van der Waals surface area contributed by atoms with E-state index in [0.29, 0.717) is 18.2 Å². The fraction of sp³-hybridized carbons (Fsp3) is 0.556. The predicted molar refractivity (Wildman–Crippen MR) is 92.0 cm³/mol. The highest BCUT2D eigenvalue weighted by Gasteiger charge is 2.22. The van der Waals surface area contributed by atoms with E-state index in [1.807, 2.05) is 0 Å². The number of rotatable bonds is 8. The number of hydrogen-bond acceptors (Lipinski definition) is 5. The van der Waals surface area contributed by atoms with Crippen LogP contribution in [0.15, 0.2) is 24.3 Å². The molecule has 3 rings (SSSR count). The zero-order valence-electron chi connectivity index (χ0n) is 14.5. The van der Waals surface area contributed by atoms with Gasteiger partial charge in [0.2, 0.25) is 0 Å². The van der Waals surface area contributed by atoms with E-state index in [-0.39, 0.29) is 12.4 Å². The Morgan fingerprint density at radius 1 is 1.36 bits per heavy atom. The summed E-state index contributed by atoms with van der Waals surface area (Å²) in [5, 5.41) is 21.8. The molecular formula is C18H25FN4O2. The van der Waals surface area contributed by atoms with Gasteiger partial charge in [-0.2, -0.15) is 0 Å². The van der Waals surface area contributed by atoms with Gasteiger partial charge in [0.05, 0.1) is 0 Å². The van der Waals surface area contributed by atoms with Gasteiger partial charge in [0.15, 0.2) is 0 Å². The van der Waals surface area contributed by atoms with Gasteiger partial charge in [0.25, 0.3) is 0 Å². The van der Waals surface area contributed by atoms with E-state index in [4.69, 9.17) is 4.74 Å². The number of aliphatic hydroxyl groups excluding tert-OH is 1. The van der Waals surface area contributed by atoms with Crippen molar-refractivity contribution in [2.45, 2.75) is 38.8 Å². The molecule has 6 nitrogen and oxygen atoms in total. The van der Waals surface area contributed by atoms with Crippen molar-refractivity contribution in [2.24, 2.45) is 5.92 Å². The van der Waals surface area contributed by atoms with Crippen LogP contribution in [0.2, 0.25) is 0 Å². The highest BCUT2D eigenvalue weighted by molar-refractivity contribution is 5.22. The van der Waals surface area contributed by atoms with Gasteiger partial charge in [-0.25, -0.2) is 4.39 Å². The van der Waals surface area contributed by atoms with Crippen molar-refractivity contribution in [3.8, 4) is 5.75 Å². The molecule has 0 saturated heterocycles. The highest BCUT2D eigenvalue weighted by atomic mass is 19.1. The first-order valence-electron chi connectivity index (χ1n) is 8.83. The van der Waals surface area contributed by atoms with E-state index in [9.17, 15) is 9.50 Å². The molecule has 2 atom stereocenters. The number of nitrogens with zero attached hydrogens (tertiary/aromatic N) is 3. The van der Waals surface area contributed by atoms with E-state index in [1.165, 1.54) is 12.1 Å². The molecule has 0 saturated carbocycles. The first kappa shape index (κ1) is 17.8. The van der Waals surface area contributed by atoms with Gasteiger partial charge < -0.3 is 19.7 Å². The molecule has 2 aromatic rings. The molecule has 0 bridgehead atoms. The quantitative estimate of drug-likeness (QED) is 0.758. The van der Waals surface area contributed by atoms with Crippen LogP contribution in [0.3, 0.4) is 0 Å². The van der Waals surface area contributed by atoms with Crippen molar-refractivity contribution in [3.63, 3.8) is 0 Å².